The van der Waals surface area contributed by atoms with Crippen LogP contribution in [0.15, 0.2) is 47.2 Å². The average Bonchev–Trinajstić information content (AvgIpc) is 3.08. The number of hydrogen-bond donors (Lipinski definition) is 1. The lowest BCUT2D eigenvalue weighted by Crippen LogP contribution is -2.49. The summed E-state index contributed by atoms with van der Waals surface area (Å²) >= 11 is 0. The number of carbonyl (C=O) groups excluding carboxylic acids is 1. The Bertz CT molecular complexity index is 615. The Labute approximate surface area is 136 Å². The number of likely N-dealkylation sites (tertiary alicyclic amines) is 1. The monoisotopic (exact) mass is 314 g/mol. The molecule has 1 aliphatic rings. The van der Waals surface area contributed by atoms with Crippen LogP contribution in [0.2, 0.25) is 0 Å². The van der Waals surface area contributed by atoms with Crippen LogP contribution in [0.4, 0.5) is 10.6 Å². The van der Waals surface area contributed by atoms with E-state index < -0.39 is 0 Å². The summed E-state index contributed by atoms with van der Waals surface area (Å²) in [6.45, 7) is 2.89. The number of amides is 2. The summed E-state index contributed by atoms with van der Waals surface area (Å²) in [5, 5.41) is 6.46. The number of aromatic nitrogens is 1. The molecule has 1 N–H and O–H groups in total. The van der Waals surface area contributed by atoms with E-state index in [-0.39, 0.29) is 12.1 Å². The number of piperidine rings is 1. The van der Waals surface area contributed by atoms with Gasteiger partial charge in [-0.3, -0.25) is 10.2 Å². The lowest BCUT2D eigenvalue weighted by Gasteiger charge is -2.37. The van der Waals surface area contributed by atoms with Crippen molar-refractivity contribution in [3.63, 3.8) is 0 Å². The van der Waals surface area contributed by atoms with E-state index in [0.717, 1.165) is 32.5 Å². The third kappa shape index (κ3) is 4.10. The molecule has 1 saturated heterocycles. The van der Waals surface area contributed by atoms with Crippen molar-refractivity contribution in [1.82, 2.24) is 15.0 Å². The van der Waals surface area contributed by atoms with Gasteiger partial charge >= 0.3 is 6.03 Å². The van der Waals surface area contributed by atoms with Crippen molar-refractivity contribution < 1.29 is 9.32 Å². The second kappa shape index (κ2) is 7.28. The Morgan fingerprint density at radius 1 is 1.39 bits per heavy atom. The minimum Gasteiger partial charge on any atom is -0.363 e. The molecule has 2 aromatic rings. The van der Waals surface area contributed by atoms with Crippen LogP contribution in [0, 0.1) is 0 Å². The molecule has 3 rings (SSSR count). The van der Waals surface area contributed by atoms with Gasteiger partial charge in [-0.15, -0.1) is 0 Å². The Morgan fingerprint density at radius 3 is 2.96 bits per heavy atom. The van der Waals surface area contributed by atoms with Crippen molar-refractivity contribution in [2.45, 2.75) is 25.4 Å². The summed E-state index contributed by atoms with van der Waals surface area (Å²) in [6.07, 6.45) is 3.56. The van der Waals surface area contributed by atoms with Crippen molar-refractivity contribution in [3.05, 3.63) is 48.2 Å². The Kier molecular flexibility index (Phi) is 4.92. The molecule has 0 spiro atoms. The van der Waals surface area contributed by atoms with E-state index >= 15 is 0 Å². The predicted octanol–water partition coefficient (Wildman–Crippen LogP) is 2.80. The van der Waals surface area contributed by atoms with Gasteiger partial charge in [0.05, 0.1) is 0 Å². The molecule has 2 amide bonds. The molecule has 2 heterocycles. The first-order valence-corrected chi connectivity index (χ1v) is 7.93. The molecule has 1 aromatic carbocycles. The molecule has 0 saturated carbocycles. The zero-order valence-electron chi connectivity index (χ0n) is 13.3. The smallest absolute Gasteiger partial charge is 0.323 e. The first-order valence-electron chi connectivity index (χ1n) is 7.93. The number of carbonyl (C=O) groups is 1. The number of nitrogens with one attached hydrogen (secondary N) is 1. The molecule has 6 nitrogen and oxygen atoms in total. The summed E-state index contributed by atoms with van der Waals surface area (Å²) in [7, 11) is 1.84. The van der Waals surface area contributed by atoms with E-state index in [0.29, 0.717) is 5.82 Å². The van der Waals surface area contributed by atoms with E-state index in [1.165, 1.54) is 11.8 Å². The number of hydrogen-bond acceptors (Lipinski definition) is 4. The fourth-order valence-electron chi connectivity index (χ4n) is 2.97. The Morgan fingerprint density at radius 2 is 2.22 bits per heavy atom. The maximum Gasteiger partial charge on any atom is 0.323 e. The molecule has 0 aliphatic carbocycles. The molecule has 0 bridgehead atoms. The Hall–Kier alpha value is -2.34. The summed E-state index contributed by atoms with van der Waals surface area (Å²) < 4.78 is 4.73. The average molecular weight is 314 g/mol. The summed E-state index contributed by atoms with van der Waals surface area (Å²) in [6, 6.07) is 12.1. The lowest BCUT2D eigenvalue weighted by atomic mass is 10.0. The van der Waals surface area contributed by atoms with Crippen molar-refractivity contribution in [3.8, 4) is 0 Å². The van der Waals surface area contributed by atoms with Gasteiger partial charge in [0.25, 0.3) is 0 Å². The first kappa shape index (κ1) is 15.6. The number of anilines is 1. The number of benzene rings is 1. The molecule has 1 fully saturated rings. The molecule has 6 heteroatoms. The molecule has 122 valence electrons. The number of urea groups is 1. The van der Waals surface area contributed by atoms with E-state index in [4.69, 9.17) is 4.52 Å². The van der Waals surface area contributed by atoms with Crippen molar-refractivity contribution in [1.29, 1.82) is 0 Å². The number of rotatable bonds is 4. The van der Waals surface area contributed by atoms with Crippen LogP contribution in [0.3, 0.4) is 0 Å². The minimum atomic E-state index is -0.148. The summed E-state index contributed by atoms with van der Waals surface area (Å²) in [4.78, 5) is 16.5. The van der Waals surface area contributed by atoms with Gasteiger partial charge in [0.1, 0.15) is 6.26 Å². The number of likely N-dealkylation sites (N-methyl/N-ethyl adjacent to an activating group) is 1. The highest BCUT2D eigenvalue weighted by molar-refractivity contribution is 5.88. The van der Waals surface area contributed by atoms with Gasteiger partial charge in [0.15, 0.2) is 5.82 Å². The highest BCUT2D eigenvalue weighted by atomic mass is 16.5. The minimum absolute atomic E-state index is 0.148. The largest absolute Gasteiger partial charge is 0.363 e. The topological polar surface area (TPSA) is 61.6 Å². The van der Waals surface area contributed by atoms with Gasteiger partial charge in [-0.1, -0.05) is 35.5 Å². The molecule has 0 unspecified atom stereocenters. The van der Waals surface area contributed by atoms with Gasteiger partial charge in [-0.25, -0.2) is 4.79 Å². The van der Waals surface area contributed by atoms with E-state index in [1.807, 2.05) is 13.1 Å². The molecule has 1 aliphatic heterocycles. The zero-order chi connectivity index (χ0) is 16.1. The lowest BCUT2D eigenvalue weighted by molar-refractivity contribution is 0.127. The van der Waals surface area contributed by atoms with E-state index in [1.54, 1.807) is 11.0 Å². The fourth-order valence-corrected chi connectivity index (χ4v) is 2.97. The number of nitrogens with zero attached hydrogens (tertiary/aromatic N) is 3. The van der Waals surface area contributed by atoms with Crippen LogP contribution in [0.25, 0.3) is 0 Å². The molecule has 0 radical (unpaired) electrons. The molecule has 23 heavy (non-hydrogen) atoms. The molecular weight excluding hydrogens is 292 g/mol. The molecule has 1 atom stereocenters. The summed E-state index contributed by atoms with van der Waals surface area (Å²) in [5.41, 5.74) is 1.31. The van der Waals surface area contributed by atoms with Crippen LogP contribution in [-0.2, 0) is 6.54 Å². The first-order chi connectivity index (χ1) is 11.2. The second-order valence-corrected chi connectivity index (χ2v) is 5.94. The van der Waals surface area contributed by atoms with Crippen molar-refractivity contribution in [2.24, 2.45) is 0 Å². The standard InChI is InChI=1S/C17H22N4O2/c1-20(17(22)18-16-9-11-23-19-16)15-8-5-10-21(13-15)12-14-6-3-2-4-7-14/h2-4,6-7,9,11,15H,5,8,10,12-13H2,1H3,(H,18,19,22)/t15-/m1/s1. The van der Waals surface area contributed by atoms with E-state index in [2.05, 4.69) is 39.6 Å². The fraction of sp³-hybridized carbons (Fsp3) is 0.412. The van der Waals surface area contributed by atoms with Gasteiger partial charge in [-0.2, -0.15) is 0 Å². The van der Waals surface area contributed by atoms with Crippen molar-refractivity contribution >= 4 is 11.8 Å². The predicted molar refractivity (Wildman–Crippen MR) is 88.0 cm³/mol. The normalized spacial score (nSPS) is 18.6. The SMILES string of the molecule is CN(C(=O)Nc1ccon1)[C@@H]1CCCN(Cc2ccccc2)C1. The third-order valence-electron chi connectivity index (χ3n) is 4.27. The maximum atomic E-state index is 12.3. The second-order valence-electron chi connectivity index (χ2n) is 5.94. The molecular formula is C17H22N4O2. The highest BCUT2D eigenvalue weighted by Gasteiger charge is 2.26. The summed E-state index contributed by atoms with van der Waals surface area (Å²) in [5.74, 6) is 0.443. The van der Waals surface area contributed by atoms with E-state index in [9.17, 15) is 4.79 Å². The van der Waals surface area contributed by atoms with Gasteiger partial charge in [0.2, 0.25) is 0 Å². The quantitative estimate of drug-likeness (QED) is 0.942. The van der Waals surface area contributed by atoms with Crippen molar-refractivity contribution in [2.75, 3.05) is 25.5 Å². The third-order valence-corrected chi connectivity index (χ3v) is 4.27. The highest BCUT2D eigenvalue weighted by Crippen LogP contribution is 2.18. The van der Waals surface area contributed by atoms with Crippen LogP contribution < -0.4 is 5.32 Å². The van der Waals surface area contributed by atoms with Gasteiger partial charge < -0.3 is 9.42 Å². The van der Waals surface area contributed by atoms with Crippen LogP contribution in [0.5, 0.6) is 0 Å². The Balaban J connectivity index is 1.56. The van der Waals surface area contributed by atoms with Crippen LogP contribution in [-0.4, -0.2) is 47.2 Å². The van der Waals surface area contributed by atoms with Gasteiger partial charge in [-0.05, 0) is 24.9 Å². The van der Waals surface area contributed by atoms with Crippen LogP contribution >= 0.6 is 0 Å². The molecule has 1 aromatic heterocycles. The van der Waals surface area contributed by atoms with Gasteiger partial charge in [0, 0.05) is 32.2 Å². The van der Waals surface area contributed by atoms with Crippen LogP contribution in [0.1, 0.15) is 18.4 Å². The maximum absolute atomic E-state index is 12.3. The zero-order valence-corrected chi connectivity index (χ0v) is 13.3.